The van der Waals surface area contributed by atoms with E-state index in [-0.39, 0.29) is 5.82 Å². The maximum atomic E-state index is 13.9. The summed E-state index contributed by atoms with van der Waals surface area (Å²) < 4.78 is 35.6. The number of rotatable bonds is 5. The van der Waals surface area contributed by atoms with Crippen molar-refractivity contribution in [3.63, 3.8) is 0 Å². The molecule has 0 aliphatic carbocycles. The van der Waals surface area contributed by atoms with Crippen LogP contribution in [0.2, 0.25) is 0 Å². The predicted molar refractivity (Wildman–Crippen MR) is 98.7 cm³/mol. The van der Waals surface area contributed by atoms with Crippen LogP contribution in [0.4, 0.5) is 4.39 Å². The molecule has 0 aromatic heterocycles. The molecule has 0 amide bonds. The molecule has 0 spiro atoms. The summed E-state index contributed by atoms with van der Waals surface area (Å²) in [6.45, 7) is 5.34. The topological polar surface area (TPSA) is 88.1 Å². The van der Waals surface area contributed by atoms with E-state index in [1.54, 1.807) is 19.1 Å². The van der Waals surface area contributed by atoms with Gasteiger partial charge in [0.25, 0.3) is 0 Å². The molecule has 1 aliphatic rings. The number of esters is 3. The summed E-state index contributed by atoms with van der Waals surface area (Å²) in [6.07, 6.45) is -4.04. The van der Waals surface area contributed by atoms with Gasteiger partial charge in [-0.15, -0.1) is 0 Å². The number of halogens is 2. The van der Waals surface area contributed by atoms with E-state index in [0.717, 1.165) is 0 Å². The van der Waals surface area contributed by atoms with Gasteiger partial charge in [0.2, 0.25) is 12.4 Å². The van der Waals surface area contributed by atoms with Crippen LogP contribution in [0.3, 0.4) is 0 Å². The molecular weight excluding hydrogens is 439 g/mol. The van der Waals surface area contributed by atoms with Crippen molar-refractivity contribution in [2.45, 2.75) is 57.6 Å². The Morgan fingerprint density at radius 2 is 1.61 bits per heavy atom. The van der Waals surface area contributed by atoms with Crippen molar-refractivity contribution < 1.29 is 37.7 Å². The minimum absolute atomic E-state index is 0.296. The van der Waals surface area contributed by atoms with Gasteiger partial charge >= 0.3 is 17.9 Å². The minimum Gasteiger partial charge on any atom is -0.458 e. The predicted octanol–water partition coefficient (Wildman–Crippen LogP) is 3.18. The second kappa shape index (κ2) is 9.47. The Morgan fingerprint density at radius 1 is 1.04 bits per heavy atom. The average molecular weight is 461 g/mol. The van der Waals surface area contributed by atoms with E-state index in [0.29, 0.717) is 16.5 Å². The first-order chi connectivity index (χ1) is 13.1. The molecule has 154 valence electrons. The van der Waals surface area contributed by atoms with Crippen LogP contribution in [0.15, 0.2) is 18.2 Å². The molecule has 0 saturated carbocycles. The van der Waals surface area contributed by atoms with Crippen molar-refractivity contribution in [3.05, 3.63) is 35.1 Å². The minimum atomic E-state index is -1.29. The van der Waals surface area contributed by atoms with Crippen LogP contribution in [0, 0.1) is 11.7 Å². The van der Waals surface area contributed by atoms with Crippen LogP contribution in [-0.2, 0) is 38.7 Å². The number of hydrogen-bond donors (Lipinski definition) is 0. The van der Waals surface area contributed by atoms with E-state index in [9.17, 15) is 18.8 Å². The monoisotopic (exact) mass is 460 g/mol. The molecular formula is C19H22BrFO7. The average Bonchev–Trinajstić information content (AvgIpc) is 2.60. The van der Waals surface area contributed by atoms with Gasteiger partial charge in [-0.05, 0) is 23.3 Å². The van der Waals surface area contributed by atoms with Crippen molar-refractivity contribution in [3.8, 4) is 0 Å². The molecule has 1 aromatic carbocycles. The zero-order valence-electron chi connectivity index (χ0n) is 15.9. The van der Waals surface area contributed by atoms with Crippen molar-refractivity contribution in [2.75, 3.05) is 0 Å². The number of ether oxygens (including phenoxy) is 4. The normalized spacial score (nSPS) is 27.0. The van der Waals surface area contributed by atoms with Crippen LogP contribution in [0.1, 0.15) is 44.9 Å². The van der Waals surface area contributed by atoms with E-state index in [1.807, 2.05) is 0 Å². The summed E-state index contributed by atoms with van der Waals surface area (Å²) in [7, 11) is 0. The molecule has 2 rings (SSSR count). The standard InChI is InChI=1S/C19H22BrFO7/c1-9-16(13-5-6-15(21)14(7-13)8-20)28-19(27-12(4)24)18(26-11(3)23)17(9)25-10(2)22/h5-7,9,16-19H,8H2,1-4H3/t9-,16+,17+,18-,19?/m0/s1. The Bertz CT molecular complexity index is 754. The molecule has 1 aromatic rings. The molecule has 28 heavy (non-hydrogen) atoms. The third kappa shape index (κ3) is 5.29. The third-order valence-electron chi connectivity index (χ3n) is 4.30. The third-order valence-corrected chi connectivity index (χ3v) is 4.90. The van der Waals surface area contributed by atoms with E-state index in [2.05, 4.69) is 15.9 Å². The van der Waals surface area contributed by atoms with Gasteiger partial charge in [0, 0.05) is 32.0 Å². The van der Waals surface area contributed by atoms with Crippen molar-refractivity contribution in [2.24, 2.45) is 5.92 Å². The first kappa shape index (κ1) is 22.3. The molecule has 1 heterocycles. The number of carbonyl (C=O) groups excluding carboxylic acids is 3. The fourth-order valence-corrected chi connectivity index (χ4v) is 3.60. The lowest BCUT2D eigenvalue weighted by Crippen LogP contribution is -2.55. The lowest BCUT2D eigenvalue weighted by molar-refractivity contribution is -0.283. The Hall–Kier alpha value is -2.00. The fourth-order valence-electron chi connectivity index (χ4n) is 3.17. The number of benzene rings is 1. The molecule has 1 unspecified atom stereocenters. The van der Waals surface area contributed by atoms with Crippen LogP contribution in [0.25, 0.3) is 0 Å². The van der Waals surface area contributed by atoms with Crippen molar-refractivity contribution >= 4 is 33.8 Å². The summed E-state index contributed by atoms with van der Waals surface area (Å²) in [5.41, 5.74) is 1.03. The van der Waals surface area contributed by atoms with Crippen LogP contribution in [0.5, 0.6) is 0 Å². The maximum absolute atomic E-state index is 13.9. The van der Waals surface area contributed by atoms with E-state index >= 15 is 0 Å². The molecule has 1 aliphatic heterocycles. The summed E-state index contributed by atoms with van der Waals surface area (Å²) in [5.74, 6) is -2.74. The highest BCUT2D eigenvalue weighted by Crippen LogP contribution is 2.40. The Kier molecular flexibility index (Phi) is 7.54. The molecule has 0 radical (unpaired) electrons. The van der Waals surface area contributed by atoms with E-state index in [1.165, 1.54) is 26.8 Å². The number of carbonyl (C=O) groups is 3. The smallest absolute Gasteiger partial charge is 0.305 e. The van der Waals surface area contributed by atoms with Gasteiger partial charge in [0.1, 0.15) is 5.82 Å². The molecule has 0 N–H and O–H groups in total. The van der Waals surface area contributed by atoms with Crippen LogP contribution >= 0.6 is 15.9 Å². The van der Waals surface area contributed by atoms with Crippen LogP contribution < -0.4 is 0 Å². The van der Waals surface area contributed by atoms with Gasteiger partial charge in [-0.1, -0.05) is 28.9 Å². The molecule has 5 atom stereocenters. The van der Waals surface area contributed by atoms with Gasteiger partial charge in [0.15, 0.2) is 6.10 Å². The first-order valence-electron chi connectivity index (χ1n) is 8.65. The summed E-state index contributed by atoms with van der Waals surface area (Å²) >= 11 is 3.23. The van der Waals surface area contributed by atoms with Gasteiger partial charge < -0.3 is 18.9 Å². The molecule has 1 fully saturated rings. The molecule has 7 nitrogen and oxygen atoms in total. The molecule has 1 saturated heterocycles. The largest absolute Gasteiger partial charge is 0.458 e. The zero-order valence-corrected chi connectivity index (χ0v) is 17.5. The first-order valence-corrected chi connectivity index (χ1v) is 9.77. The van der Waals surface area contributed by atoms with Crippen molar-refractivity contribution in [1.82, 2.24) is 0 Å². The molecule has 9 heteroatoms. The van der Waals surface area contributed by atoms with Gasteiger partial charge in [-0.2, -0.15) is 0 Å². The second-order valence-corrected chi connectivity index (χ2v) is 7.09. The van der Waals surface area contributed by atoms with Crippen molar-refractivity contribution in [1.29, 1.82) is 0 Å². The lowest BCUT2D eigenvalue weighted by atomic mass is 9.86. The Labute approximate surface area is 170 Å². The van der Waals surface area contributed by atoms with Gasteiger partial charge in [0.05, 0.1) is 6.10 Å². The highest BCUT2D eigenvalue weighted by molar-refractivity contribution is 9.08. The molecule has 0 bridgehead atoms. The Morgan fingerprint density at radius 3 is 2.14 bits per heavy atom. The number of alkyl halides is 1. The van der Waals surface area contributed by atoms with Crippen LogP contribution in [-0.4, -0.2) is 36.4 Å². The second-order valence-electron chi connectivity index (χ2n) is 6.53. The zero-order chi connectivity index (χ0) is 21.0. The lowest BCUT2D eigenvalue weighted by Gasteiger charge is -2.43. The highest BCUT2D eigenvalue weighted by Gasteiger charge is 2.50. The summed E-state index contributed by atoms with van der Waals surface area (Å²) in [5, 5.41) is 0.296. The highest BCUT2D eigenvalue weighted by atomic mass is 79.9. The SMILES string of the molecule is CC(=O)OC1O[C@@H](c2ccc(F)c(CBr)c2)[C@H](C)[C@@H](OC(C)=O)[C@@H]1OC(C)=O. The maximum Gasteiger partial charge on any atom is 0.305 e. The van der Waals surface area contributed by atoms with E-state index in [4.69, 9.17) is 18.9 Å². The van der Waals surface area contributed by atoms with E-state index < -0.39 is 48.4 Å². The fraction of sp³-hybridized carbons (Fsp3) is 0.526. The number of hydrogen-bond acceptors (Lipinski definition) is 7. The Balaban J connectivity index is 2.46. The summed E-state index contributed by atoms with van der Waals surface area (Å²) in [6, 6.07) is 4.47. The quantitative estimate of drug-likeness (QED) is 0.378. The van der Waals surface area contributed by atoms with Gasteiger partial charge in [-0.25, -0.2) is 4.39 Å². The van der Waals surface area contributed by atoms with Gasteiger partial charge in [-0.3, -0.25) is 14.4 Å². The summed E-state index contributed by atoms with van der Waals surface area (Å²) in [4.78, 5) is 34.7.